The molecule has 0 spiro atoms. The van der Waals surface area contributed by atoms with Gasteiger partial charge in [0.2, 0.25) is 0 Å². The van der Waals surface area contributed by atoms with Crippen LogP contribution in [-0.4, -0.2) is 16.7 Å². The Labute approximate surface area is 72.6 Å². The minimum atomic E-state index is 0.948. The van der Waals surface area contributed by atoms with Crippen LogP contribution >= 0.6 is 0 Å². The van der Waals surface area contributed by atoms with Crippen LogP contribution in [0.2, 0.25) is 0 Å². The maximum Gasteiger partial charge on any atom is 0.0532 e. The van der Waals surface area contributed by atoms with Crippen LogP contribution in [-0.2, 0) is 6.54 Å². The number of aromatic amines is 1. The SMILES string of the molecule is c1n[nH]cc1CNCCC1CC1. The largest absolute Gasteiger partial charge is 0.313 e. The number of nitrogens with one attached hydrogen (secondary N) is 2. The molecule has 1 heterocycles. The molecule has 3 nitrogen and oxygen atoms in total. The summed E-state index contributed by atoms with van der Waals surface area (Å²) in [7, 11) is 0. The Balaban J connectivity index is 1.56. The fourth-order valence-electron chi connectivity index (χ4n) is 1.32. The van der Waals surface area contributed by atoms with Crippen LogP contribution < -0.4 is 5.32 Å². The van der Waals surface area contributed by atoms with Crippen LogP contribution in [0.4, 0.5) is 0 Å². The van der Waals surface area contributed by atoms with E-state index in [0.29, 0.717) is 0 Å². The van der Waals surface area contributed by atoms with Gasteiger partial charge in [0.05, 0.1) is 6.20 Å². The van der Waals surface area contributed by atoms with Gasteiger partial charge in [-0.05, 0) is 18.9 Å². The van der Waals surface area contributed by atoms with E-state index in [1.807, 2.05) is 12.4 Å². The Morgan fingerprint density at radius 1 is 1.58 bits per heavy atom. The molecule has 1 aliphatic carbocycles. The first-order valence-corrected chi connectivity index (χ1v) is 4.63. The van der Waals surface area contributed by atoms with E-state index >= 15 is 0 Å². The first-order valence-electron chi connectivity index (χ1n) is 4.63. The number of rotatable bonds is 5. The van der Waals surface area contributed by atoms with Crippen molar-refractivity contribution in [3.63, 3.8) is 0 Å². The normalized spacial score (nSPS) is 16.7. The standard InChI is InChI=1S/C9H15N3/c1-2-8(1)3-4-10-5-9-6-11-12-7-9/h6-8,10H,1-5H2,(H,11,12). The molecule has 0 aromatic carbocycles. The van der Waals surface area contributed by atoms with Crippen molar-refractivity contribution >= 4 is 0 Å². The third-order valence-electron chi connectivity index (χ3n) is 2.31. The van der Waals surface area contributed by atoms with Crippen molar-refractivity contribution in [2.45, 2.75) is 25.8 Å². The fourth-order valence-corrected chi connectivity index (χ4v) is 1.32. The van der Waals surface area contributed by atoms with Gasteiger partial charge in [-0.1, -0.05) is 12.8 Å². The molecule has 2 rings (SSSR count). The molecule has 1 aromatic heterocycles. The van der Waals surface area contributed by atoms with Crippen LogP contribution in [0.3, 0.4) is 0 Å². The van der Waals surface area contributed by atoms with E-state index in [-0.39, 0.29) is 0 Å². The molecular weight excluding hydrogens is 150 g/mol. The lowest BCUT2D eigenvalue weighted by atomic mass is 10.3. The summed E-state index contributed by atoms with van der Waals surface area (Å²) in [5.41, 5.74) is 1.24. The minimum Gasteiger partial charge on any atom is -0.313 e. The Morgan fingerprint density at radius 2 is 2.50 bits per heavy atom. The van der Waals surface area contributed by atoms with Crippen molar-refractivity contribution < 1.29 is 0 Å². The maximum atomic E-state index is 3.88. The molecular formula is C9H15N3. The number of hydrogen-bond acceptors (Lipinski definition) is 2. The van der Waals surface area contributed by atoms with Crippen molar-refractivity contribution in [1.82, 2.24) is 15.5 Å². The lowest BCUT2D eigenvalue weighted by Gasteiger charge is -2.00. The molecule has 0 unspecified atom stereocenters. The summed E-state index contributed by atoms with van der Waals surface area (Å²) >= 11 is 0. The number of hydrogen-bond donors (Lipinski definition) is 2. The van der Waals surface area contributed by atoms with E-state index in [1.165, 1.54) is 24.8 Å². The number of H-pyrrole nitrogens is 1. The van der Waals surface area contributed by atoms with Gasteiger partial charge in [-0.2, -0.15) is 5.10 Å². The summed E-state index contributed by atoms with van der Waals surface area (Å²) in [5.74, 6) is 1.03. The van der Waals surface area contributed by atoms with Gasteiger partial charge in [-0.15, -0.1) is 0 Å². The summed E-state index contributed by atoms with van der Waals surface area (Å²) in [4.78, 5) is 0. The molecule has 1 saturated carbocycles. The van der Waals surface area contributed by atoms with Gasteiger partial charge in [-0.25, -0.2) is 0 Å². The van der Waals surface area contributed by atoms with Gasteiger partial charge in [0.15, 0.2) is 0 Å². The van der Waals surface area contributed by atoms with Crippen molar-refractivity contribution in [2.75, 3.05) is 6.54 Å². The average molecular weight is 165 g/mol. The van der Waals surface area contributed by atoms with Crippen LogP contribution in [0.5, 0.6) is 0 Å². The molecule has 66 valence electrons. The second kappa shape index (κ2) is 3.72. The van der Waals surface area contributed by atoms with Gasteiger partial charge < -0.3 is 5.32 Å². The first kappa shape index (κ1) is 7.80. The van der Waals surface area contributed by atoms with E-state index in [4.69, 9.17) is 0 Å². The molecule has 0 atom stereocenters. The number of aromatic nitrogens is 2. The van der Waals surface area contributed by atoms with E-state index in [9.17, 15) is 0 Å². The van der Waals surface area contributed by atoms with Crippen molar-refractivity contribution in [3.8, 4) is 0 Å². The topological polar surface area (TPSA) is 40.7 Å². The monoisotopic (exact) mass is 165 g/mol. The van der Waals surface area contributed by atoms with E-state index in [0.717, 1.165) is 19.0 Å². The molecule has 0 saturated heterocycles. The van der Waals surface area contributed by atoms with Crippen molar-refractivity contribution in [3.05, 3.63) is 18.0 Å². The van der Waals surface area contributed by atoms with Crippen molar-refractivity contribution in [1.29, 1.82) is 0 Å². The molecule has 3 heteroatoms. The lowest BCUT2D eigenvalue weighted by Crippen LogP contribution is -2.14. The zero-order valence-corrected chi connectivity index (χ0v) is 7.21. The highest BCUT2D eigenvalue weighted by Gasteiger charge is 2.19. The van der Waals surface area contributed by atoms with E-state index in [2.05, 4.69) is 15.5 Å². The van der Waals surface area contributed by atoms with Gasteiger partial charge in [0.25, 0.3) is 0 Å². The Bertz CT molecular complexity index is 214. The maximum absolute atomic E-state index is 3.88. The second-order valence-electron chi connectivity index (χ2n) is 3.52. The molecule has 0 radical (unpaired) electrons. The predicted octanol–water partition coefficient (Wildman–Crippen LogP) is 1.30. The summed E-state index contributed by atoms with van der Waals surface area (Å²) in [5, 5.41) is 10.1. The van der Waals surface area contributed by atoms with Crippen LogP contribution in [0.1, 0.15) is 24.8 Å². The molecule has 2 N–H and O–H groups in total. The molecule has 1 fully saturated rings. The van der Waals surface area contributed by atoms with E-state index < -0.39 is 0 Å². The molecule has 0 bridgehead atoms. The highest BCUT2D eigenvalue weighted by atomic mass is 15.1. The quantitative estimate of drug-likeness (QED) is 0.646. The second-order valence-corrected chi connectivity index (χ2v) is 3.52. The molecule has 1 aromatic rings. The van der Waals surface area contributed by atoms with Crippen molar-refractivity contribution in [2.24, 2.45) is 5.92 Å². The van der Waals surface area contributed by atoms with Gasteiger partial charge >= 0.3 is 0 Å². The minimum absolute atomic E-state index is 0.948. The third kappa shape index (κ3) is 2.34. The summed E-state index contributed by atoms with van der Waals surface area (Å²) < 4.78 is 0. The van der Waals surface area contributed by atoms with Gasteiger partial charge in [0.1, 0.15) is 0 Å². The molecule has 0 aliphatic heterocycles. The van der Waals surface area contributed by atoms with Crippen LogP contribution in [0.15, 0.2) is 12.4 Å². The fraction of sp³-hybridized carbons (Fsp3) is 0.667. The smallest absolute Gasteiger partial charge is 0.0532 e. The zero-order chi connectivity index (χ0) is 8.23. The molecule has 12 heavy (non-hydrogen) atoms. The first-order chi connectivity index (χ1) is 5.95. The lowest BCUT2D eigenvalue weighted by molar-refractivity contribution is 0.613. The van der Waals surface area contributed by atoms with Crippen LogP contribution in [0, 0.1) is 5.92 Å². The Kier molecular flexibility index (Phi) is 2.42. The summed E-state index contributed by atoms with van der Waals surface area (Å²) in [6.45, 7) is 2.10. The highest BCUT2D eigenvalue weighted by Crippen LogP contribution is 2.31. The molecule has 0 amide bonds. The summed E-state index contributed by atoms with van der Waals surface area (Å²) in [6, 6.07) is 0. The Hall–Kier alpha value is -0.830. The Morgan fingerprint density at radius 3 is 3.17 bits per heavy atom. The number of nitrogens with zero attached hydrogens (tertiary/aromatic N) is 1. The van der Waals surface area contributed by atoms with Gasteiger partial charge in [-0.3, -0.25) is 5.10 Å². The zero-order valence-electron chi connectivity index (χ0n) is 7.21. The van der Waals surface area contributed by atoms with Crippen LogP contribution in [0.25, 0.3) is 0 Å². The van der Waals surface area contributed by atoms with E-state index in [1.54, 1.807) is 0 Å². The van der Waals surface area contributed by atoms with Gasteiger partial charge in [0, 0.05) is 18.3 Å². The highest BCUT2D eigenvalue weighted by molar-refractivity contribution is 5.01. The third-order valence-corrected chi connectivity index (χ3v) is 2.31. The predicted molar refractivity (Wildman–Crippen MR) is 47.6 cm³/mol. The average Bonchev–Trinajstić information content (AvgIpc) is 2.76. The molecule has 1 aliphatic rings. The summed E-state index contributed by atoms with van der Waals surface area (Å²) in [6.07, 6.45) is 8.05.